The van der Waals surface area contributed by atoms with Crippen LogP contribution in [0.2, 0.25) is 0 Å². The number of aryl methyl sites for hydroxylation is 2. The van der Waals surface area contributed by atoms with Gasteiger partial charge in [-0.1, -0.05) is 46.3 Å². The molecule has 2 aromatic carbocycles. The Hall–Kier alpha value is -0.790. The molecule has 0 saturated heterocycles. The molecule has 0 amide bonds. The Bertz CT molecular complexity index is 606. The molecule has 0 aliphatic heterocycles. The third-order valence-corrected chi connectivity index (χ3v) is 5.02. The summed E-state index contributed by atoms with van der Waals surface area (Å²) in [6.45, 7) is 0. The highest BCUT2D eigenvalue weighted by Crippen LogP contribution is 2.28. The summed E-state index contributed by atoms with van der Waals surface area (Å²) in [5.41, 5.74) is 5.81. The van der Waals surface area contributed by atoms with Gasteiger partial charge >= 0.3 is 0 Å². The summed E-state index contributed by atoms with van der Waals surface area (Å²) >= 11 is 9.75. The summed E-state index contributed by atoms with van der Waals surface area (Å²) < 4.78 is 1.12. The van der Waals surface area contributed by atoms with Gasteiger partial charge in [0, 0.05) is 16.3 Å². The first-order valence-corrected chi connectivity index (χ1v) is 8.51. The molecule has 0 fully saturated rings. The first-order chi connectivity index (χ1) is 9.76. The molecule has 20 heavy (non-hydrogen) atoms. The quantitative estimate of drug-likeness (QED) is 0.639. The van der Waals surface area contributed by atoms with Gasteiger partial charge in [0.1, 0.15) is 0 Å². The van der Waals surface area contributed by atoms with Gasteiger partial charge in [-0.2, -0.15) is 0 Å². The molecule has 3 rings (SSSR count). The van der Waals surface area contributed by atoms with E-state index >= 15 is 0 Å². The minimum absolute atomic E-state index is 0.383. The predicted molar refractivity (Wildman–Crippen MR) is 89.8 cm³/mol. The van der Waals surface area contributed by atoms with Crippen molar-refractivity contribution in [2.24, 2.45) is 0 Å². The van der Waals surface area contributed by atoms with E-state index in [1.54, 1.807) is 11.1 Å². The molecular weight excluding hydrogens is 332 g/mol. The molecule has 0 spiro atoms. The van der Waals surface area contributed by atoms with Crippen molar-refractivity contribution in [1.29, 1.82) is 0 Å². The zero-order chi connectivity index (χ0) is 13.9. The van der Waals surface area contributed by atoms with Crippen molar-refractivity contribution in [2.75, 3.05) is 5.88 Å². The van der Waals surface area contributed by atoms with E-state index in [4.69, 9.17) is 11.6 Å². The number of benzene rings is 2. The molecule has 104 valence electrons. The van der Waals surface area contributed by atoms with Crippen LogP contribution in [-0.4, -0.2) is 5.88 Å². The molecule has 1 atom stereocenters. The number of hydrogen-bond acceptors (Lipinski definition) is 0. The topological polar surface area (TPSA) is 0 Å². The summed E-state index contributed by atoms with van der Waals surface area (Å²) in [5.74, 6) is 1.04. The Balaban J connectivity index is 1.81. The van der Waals surface area contributed by atoms with E-state index in [2.05, 4.69) is 58.4 Å². The van der Waals surface area contributed by atoms with Crippen LogP contribution in [0.1, 0.15) is 34.6 Å². The molecule has 1 aliphatic rings. The molecule has 0 N–H and O–H groups in total. The summed E-state index contributed by atoms with van der Waals surface area (Å²) in [5, 5.41) is 0. The van der Waals surface area contributed by atoms with Crippen molar-refractivity contribution >= 4 is 27.5 Å². The number of hydrogen-bond donors (Lipinski definition) is 0. The second-order valence-electron chi connectivity index (χ2n) is 5.57. The van der Waals surface area contributed by atoms with Gasteiger partial charge in [-0.3, -0.25) is 0 Å². The molecule has 0 bridgehead atoms. The molecule has 0 aromatic heterocycles. The SMILES string of the molecule is ClCC(Cc1ccc2c(c1)CCC2)c1cccc(Br)c1. The fourth-order valence-electron chi connectivity index (χ4n) is 3.06. The summed E-state index contributed by atoms with van der Waals surface area (Å²) in [4.78, 5) is 0. The van der Waals surface area contributed by atoms with Crippen LogP contribution in [0, 0.1) is 0 Å². The third kappa shape index (κ3) is 3.10. The molecule has 0 radical (unpaired) electrons. The molecule has 0 nitrogen and oxygen atoms in total. The second kappa shape index (κ2) is 6.32. The van der Waals surface area contributed by atoms with Gasteiger partial charge in [-0.25, -0.2) is 0 Å². The number of alkyl halides is 1. The van der Waals surface area contributed by atoms with E-state index in [0.717, 1.165) is 10.9 Å². The highest BCUT2D eigenvalue weighted by molar-refractivity contribution is 9.10. The minimum atomic E-state index is 0.383. The van der Waals surface area contributed by atoms with E-state index in [-0.39, 0.29) is 0 Å². The van der Waals surface area contributed by atoms with Gasteiger partial charge in [0.05, 0.1) is 0 Å². The van der Waals surface area contributed by atoms with Crippen LogP contribution in [0.25, 0.3) is 0 Å². The van der Waals surface area contributed by atoms with E-state index in [1.165, 1.54) is 30.4 Å². The first kappa shape index (κ1) is 14.2. The Morgan fingerprint density at radius 1 is 1.05 bits per heavy atom. The van der Waals surface area contributed by atoms with E-state index < -0.39 is 0 Å². The van der Waals surface area contributed by atoms with Crippen LogP contribution < -0.4 is 0 Å². The number of fused-ring (bicyclic) bond motifs is 1. The lowest BCUT2D eigenvalue weighted by Crippen LogP contribution is -2.05. The van der Waals surface area contributed by atoms with Gasteiger partial charge in [0.25, 0.3) is 0 Å². The van der Waals surface area contributed by atoms with Crippen molar-refractivity contribution in [2.45, 2.75) is 31.6 Å². The van der Waals surface area contributed by atoms with E-state index in [1.807, 2.05) is 0 Å². The monoisotopic (exact) mass is 348 g/mol. The molecular formula is C18H18BrCl. The maximum atomic E-state index is 6.21. The Kier molecular flexibility index (Phi) is 4.48. The maximum Gasteiger partial charge on any atom is 0.0295 e. The van der Waals surface area contributed by atoms with Gasteiger partial charge < -0.3 is 0 Å². The predicted octanol–water partition coefficient (Wildman–Crippen LogP) is 5.50. The molecule has 0 saturated carbocycles. The van der Waals surface area contributed by atoms with Crippen LogP contribution >= 0.6 is 27.5 Å². The van der Waals surface area contributed by atoms with Crippen LogP contribution in [0.5, 0.6) is 0 Å². The molecule has 2 heteroatoms. The second-order valence-corrected chi connectivity index (χ2v) is 6.79. The van der Waals surface area contributed by atoms with Crippen LogP contribution in [0.3, 0.4) is 0 Å². The Morgan fingerprint density at radius 3 is 2.70 bits per heavy atom. The average molecular weight is 350 g/mol. The van der Waals surface area contributed by atoms with Crippen molar-refractivity contribution in [1.82, 2.24) is 0 Å². The van der Waals surface area contributed by atoms with Crippen molar-refractivity contribution in [3.8, 4) is 0 Å². The van der Waals surface area contributed by atoms with E-state index in [9.17, 15) is 0 Å². The number of rotatable bonds is 4. The average Bonchev–Trinajstić information content (AvgIpc) is 2.92. The normalized spacial score (nSPS) is 15.1. The molecule has 0 heterocycles. The fourth-order valence-corrected chi connectivity index (χ4v) is 3.76. The smallest absolute Gasteiger partial charge is 0.0295 e. The van der Waals surface area contributed by atoms with Gasteiger partial charge in [0.15, 0.2) is 0 Å². The maximum absolute atomic E-state index is 6.21. The first-order valence-electron chi connectivity index (χ1n) is 7.18. The lowest BCUT2D eigenvalue weighted by atomic mass is 9.92. The fraction of sp³-hybridized carbons (Fsp3) is 0.333. The lowest BCUT2D eigenvalue weighted by molar-refractivity contribution is 0.764. The van der Waals surface area contributed by atoms with Gasteiger partial charge in [0.2, 0.25) is 0 Å². The molecule has 1 unspecified atom stereocenters. The van der Waals surface area contributed by atoms with Gasteiger partial charge in [-0.15, -0.1) is 11.6 Å². The Morgan fingerprint density at radius 2 is 1.90 bits per heavy atom. The minimum Gasteiger partial charge on any atom is -0.126 e. The van der Waals surface area contributed by atoms with Crippen LogP contribution in [0.15, 0.2) is 46.9 Å². The van der Waals surface area contributed by atoms with Gasteiger partial charge in [-0.05, 0) is 60.1 Å². The highest BCUT2D eigenvalue weighted by Gasteiger charge is 2.15. The standard InChI is InChI=1S/C18H18BrCl/c19-18-6-2-5-16(11-18)17(12-20)10-13-7-8-14-3-1-4-15(14)9-13/h2,5-9,11,17H,1,3-4,10,12H2. The van der Waals surface area contributed by atoms with Crippen LogP contribution in [-0.2, 0) is 19.3 Å². The zero-order valence-corrected chi connectivity index (χ0v) is 13.8. The van der Waals surface area contributed by atoms with Crippen molar-refractivity contribution in [3.63, 3.8) is 0 Å². The summed E-state index contributed by atoms with van der Waals surface area (Å²) in [7, 11) is 0. The number of halogens is 2. The molecule has 1 aliphatic carbocycles. The summed E-state index contributed by atoms with van der Waals surface area (Å²) in [6, 6.07) is 15.5. The lowest BCUT2D eigenvalue weighted by Gasteiger charge is -2.15. The zero-order valence-electron chi connectivity index (χ0n) is 11.4. The highest BCUT2D eigenvalue weighted by atomic mass is 79.9. The summed E-state index contributed by atoms with van der Waals surface area (Å²) in [6.07, 6.45) is 4.82. The van der Waals surface area contributed by atoms with Crippen molar-refractivity contribution < 1.29 is 0 Å². The largest absolute Gasteiger partial charge is 0.126 e. The molecule has 2 aromatic rings. The van der Waals surface area contributed by atoms with Crippen molar-refractivity contribution in [3.05, 3.63) is 69.2 Å². The van der Waals surface area contributed by atoms with Crippen LogP contribution in [0.4, 0.5) is 0 Å². The Labute approximate surface area is 134 Å². The third-order valence-electron chi connectivity index (χ3n) is 4.15. The van der Waals surface area contributed by atoms with E-state index in [0.29, 0.717) is 11.8 Å².